The van der Waals surface area contributed by atoms with Crippen molar-refractivity contribution in [2.45, 2.75) is 20.3 Å². The van der Waals surface area contributed by atoms with Gasteiger partial charge < -0.3 is 20.4 Å². The Bertz CT molecular complexity index is 404. The number of hydrogen-bond donors (Lipinski definition) is 4. The van der Waals surface area contributed by atoms with Gasteiger partial charge in [-0.15, -0.1) is 0 Å². The summed E-state index contributed by atoms with van der Waals surface area (Å²) in [5.41, 5.74) is 1.23. The average Bonchev–Trinajstić information content (AvgIpc) is 2.14. The van der Waals surface area contributed by atoms with Gasteiger partial charge >= 0.3 is 0 Å². The maximum absolute atomic E-state index is 9.47. The number of phenolic OH excluding ortho intramolecular Hbond substituents is 4. The number of aromatic hydroxyl groups is 4. The summed E-state index contributed by atoms with van der Waals surface area (Å²) in [4.78, 5) is 0. The van der Waals surface area contributed by atoms with Gasteiger partial charge in [0.25, 0.3) is 0 Å². The highest BCUT2D eigenvalue weighted by Crippen LogP contribution is 2.42. The predicted octanol–water partition coefficient (Wildman–Crippen LogP) is 2.02. The fourth-order valence-corrected chi connectivity index (χ4v) is 1.18. The molecular weight excluding hydrogens is 196 g/mol. The molecule has 1 aromatic rings. The lowest BCUT2D eigenvalue weighted by Gasteiger charge is -2.08. The van der Waals surface area contributed by atoms with Crippen LogP contribution in [-0.2, 0) is 6.42 Å². The molecule has 0 fully saturated rings. The summed E-state index contributed by atoms with van der Waals surface area (Å²) in [7, 11) is 0. The van der Waals surface area contributed by atoms with E-state index in [0.29, 0.717) is 6.42 Å². The molecule has 0 radical (unpaired) electrons. The first kappa shape index (κ1) is 11.2. The molecule has 4 nitrogen and oxygen atoms in total. The molecule has 4 heteroatoms. The van der Waals surface area contributed by atoms with E-state index in [0.717, 1.165) is 11.6 Å². The first-order valence-electron chi connectivity index (χ1n) is 4.52. The first-order valence-corrected chi connectivity index (χ1v) is 4.52. The van der Waals surface area contributed by atoms with Gasteiger partial charge in [0.05, 0.1) is 0 Å². The fraction of sp³-hybridized carbons (Fsp3) is 0.273. The summed E-state index contributed by atoms with van der Waals surface area (Å²) in [6, 6.07) is 1.00. The zero-order valence-corrected chi connectivity index (χ0v) is 8.65. The maximum atomic E-state index is 9.47. The van der Waals surface area contributed by atoms with E-state index >= 15 is 0 Å². The van der Waals surface area contributed by atoms with Crippen LogP contribution in [0.1, 0.15) is 19.4 Å². The summed E-state index contributed by atoms with van der Waals surface area (Å²) in [5, 5.41) is 37.3. The molecule has 0 unspecified atom stereocenters. The zero-order chi connectivity index (χ0) is 11.6. The molecule has 0 aliphatic heterocycles. The van der Waals surface area contributed by atoms with Crippen molar-refractivity contribution in [2.75, 3.05) is 0 Å². The number of rotatable bonds is 2. The summed E-state index contributed by atoms with van der Waals surface area (Å²) >= 11 is 0. The summed E-state index contributed by atoms with van der Waals surface area (Å²) in [5.74, 6) is -1.86. The Balaban J connectivity index is 3.18. The van der Waals surface area contributed by atoms with Crippen molar-refractivity contribution >= 4 is 0 Å². The predicted molar refractivity (Wildman–Crippen MR) is 56.2 cm³/mol. The topological polar surface area (TPSA) is 80.9 Å². The van der Waals surface area contributed by atoms with Gasteiger partial charge in [-0.3, -0.25) is 0 Å². The quantitative estimate of drug-likeness (QED) is 0.342. The van der Waals surface area contributed by atoms with Crippen LogP contribution in [0.3, 0.4) is 0 Å². The van der Waals surface area contributed by atoms with E-state index in [1.807, 2.05) is 13.8 Å². The molecule has 1 aromatic carbocycles. The Morgan fingerprint density at radius 1 is 1.07 bits per heavy atom. The van der Waals surface area contributed by atoms with Crippen LogP contribution >= 0.6 is 0 Å². The molecule has 1 rings (SSSR count). The standard InChI is InChI=1S/C11H14O4/c1-6(2)3-4-7-8(12)5-9(13)11(15)10(7)14/h3,5,12-15H,4H2,1-2H3. The van der Waals surface area contributed by atoms with E-state index in [-0.39, 0.29) is 11.3 Å². The van der Waals surface area contributed by atoms with Crippen molar-refractivity contribution in [3.8, 4) is 23.0 Å². The highest BCUT2D eigenvalue weighted by atomic mass is 16.3. The Morgan fingerprint density at radius 2 is 1.67 bits per heavy atom. The molecule has 0 heterocycles. The van der Waals surface area contributed by atoms with E-state index < -0.39 is 17.2 Å². The Hall–Kier alpha value is -1.84. The first-order chi connectivity index (χ1) is 6.93. The van der Waals surface area contributed by atoms with Crippen LogP contribution in [0.15, 0.2) is 17.7 Å². The van der Waals surface area contributed by atoms with Crippen molar-refractivity contribution in [3.63, 3.8) is 0 Å². The van der Waals surface area contributed by atoms with Gasteiger partial charge in [0.2, 0.25) is 5.75 Å². The third kappa shape index (κ3) is 2.34. The van der Waals surface area contributed by atoms with Crippen molar-refractivity contribution in [3.05, 3.63) is 23.3 Å². The molecule has 0 saturated carbocycles. The molecule has 0 aromatic heterocycles. The number of allylic oxidation sites excluding steroid dienone is 2. The molecule has 4 N–H and O–H groups in total. The smallest absolute Gasteiger partial charge is 0.200 e. The molecular formula is C11H14O4. The second-order valence-electron chi connectivity index (χ2n) is 3.58. The molecule has 0 spiro atoms. The molecule has 0 amide bonds. The lowest BCUT2D eigenvalue weighted by Crippen LogP contribution is -1.86. The zero-order valence-electron chi connectivity index (χ0n) is 8.65. The molecule has 0 atom stereocenters. The number of benzene rings is 1. The monoisotopic (exact) mass is 210 g/mol. The van der Waals surface area contributed by atoms with E-state index in [1.165, 1.54) is 0 Å². The van der Waals surface area contributed by atoms with E-state index in [4.69, 9.17) is 5.11 Å². The second kappa shape index (κ2) is 4.13. The Labute approximate surface area is 87.7 Å². The van der Waals surface area contributed by atoms with Crippen molar-refractivity contribution in [1.29, 1.82) is 0 Å². The van der Waals surface area contributed by atoms with E-state index in [2.05, 4.69) is 0 Å². The van der Waals surface area contributed by atoms with Crippen LogP contribution in [0.4, 0.5) is 0 Å². The van der Waals surface area contributed by atoms with Crippen LogP contribution in [0.25, 0.3) is 0 Å². The Kier molecular flexibility index (Phi) is 3.09. The minimum absolute atomic E-state index is 0.200. The van der Waals surface area contributed by atoms with E-state index in [1.54, 1.807) is 6.08 Å². The highest BCUT2D eigenvalue weighted by molar-refractivity contribution is 5.59. The van der Waals surface area contributed by atoms with Crippen molar-refractivity contribution in [2.24, 2.45) is 0 Å². The normalized spacial score (nSPS) is 10.0. The molecule has 82 valence electrons. The fourth-order valence-electron chi connectivity index (χ4n) is 1.18. The van der Waals surface area contributed by atoms with Crippen molar-refractivity contribution in [1.82, 2.24) is 0 Å². The maximum Gasteiger partial charge on any atom is 0.200 e. The van der Waals surface area contributed by atoms with Crippen LogP contribution in [0, 0.1) is 0 Å². The van der Waals surface area contributed by atoms with Gasteiger partial charge in [0, 0.05) is 11.6 Å². The Morgan fingerprint density at radius 3 is 2.20 bits per heavy atom. The molecule has 0 bridgehead atoms. The average molecular weight is 210 g/mol. The SMILES string of the molecule is CC(C)=CCc1c(O)cc(O)c(O)c1O. The lowest BCUT2D eigenvalue weighted by atomic mass is 10.1. The minimum Gasteiger partial charge on any atom is -0.507 e. The molecule has 0 saturated heterocycles. The highest BCUT2D eigenvalue weighted by Gasteiger charge is 2.15. The minimum atomic E-state index is -0.607. The summed E-state index contributed by atoms with van der Waals surface area (Å²) in [6.45, 7) is 3.77. The van der Waals surface area contributed by atoms with Crippen molar-refractivity contribution < 1.29 is 20.4 Å². The summed E-state index contributed by atoms with van der Waals surface area (Å²) in [6.07, 6.45) is 2.10. The van der Waals surface area contributed by atoms with Gasteiger partial charge in [0.1, 0.15) is 5.75 Å². The number of phenols is 4. The van der Waals surface area contributed by atoms with Gasteiger partial charge in [0.15, 0.2) is 11.5 Å². The van der Waals surface area contributed by atoms with Gasteiger partial charge in [-0.2, -0.15) is 0 Å². The van der Waals surface area contributed by atoms with Crippen LogP contribution in [0.2, 0.25) is 0 Å². The summed E-state index contributed by atoms with van der Waals surface area (Å²) < 4.78 is 0. The van der Waals surface area contributed by atoms with Gasteiger partial charge in [-0.1, -0.05) is 11.6 Å². The molecule has 15 heavy (non-hydrogen) atoms. The molecule has 0 aliphatic carbocycles. The van der Waals surface area contributed by atoms with Gasteiger partial charge in [-0.05, 0) is 20.3 Å². The lowest BCUT2D eigenvalue weighted by molar-refractivity contribution is 0.357. The van der Waals surface area contributed by atoms with Crippen LogP contribution < -0.4 is 0 Å². The van der Waals surface area contributed by atoms with Crippen LogP contribution in [-0.4, -0.2) is 20.4 Å². The van der Waals surface area contributed by atoms with Gasteiger partial charge in [-0.25, -0.2) is 0 Å². The van der Waals surface area contributed by atoms with E-state index in [9.17, 15) is 15.3 Å². The third-order valence-electron chi connectivity index (χ3n) is 2.05. The third-order valence-corrected chi connectivity index (χ3v) is 2.05. The largest absolute Gasteiger partial charge is 0.507 e. The molecule has 0 aliphatic rings. The second-order valence-corrected chi connectivity index (χ2v) is 3.58. The van der Waals surface area contributed by atoms with Crippen LogP contribution in [0.5, 0.6) is 23.0 Å². The number of hydrogen-bond acceptors (Lipinski definition) is 4.